The molecule has 18 heterocycles. The monoisotopic (exact) mass is 1620 g/mol. The minimum absolute atomic E-state index is 0.480. The number of fused-ring (bicyclic) bond motifs is 21. The Balaban J connectivity index is 0.0000000940. The number of H-pyrrole nitrogens is 1. The molecule has 0 atom stereocenters. The Morgan fingerprint density at radius 3 is 1.18 bits per heavy atom. The molecule has 21 heteroatoms. The van der Waals surface area contributed by atoms with E-state index in [9.17, 15) is 0 Å². The molecule has 122 heavy (non-hydrogen) atoms. The summed E-state index contributed by atoms with van der Waals surface area (Å²) in [6.45, 7) is 9.99. The third-order valence-corrected chi connectivity index (χ3v) is 22.5. The number of ether oxygens (including phenoxy) is 7. The van der Waals surface area contributed by atoms with Crippen molar-refractivity contribution >= 4 is 11.3 Å². The summed E-state index contributed by atoms with van der Waals surface area (Å²) in [5.41, 5.74) is 23.6. The number of benzene rings is 7. The van der Waals surface area contributed by atoms with E-state index in [2.05, 4.69) is 225 Å². The predicted molar refractivity (Wildman–Crippen MR) is 461 cm³/mol. The number of nitrogens with zero attached hydrogens (tertiary/aromatic N) is 11. The van der Waals surface area contributed by atoms with Crippen molar-refractivity contribution in [3.8, 4) is 164 Å². The van der Waals surface area contributed by atoms with Crippen LogP contribution < -0.4 is 65.1 Å². The lowest BCUT2D eigenvalue weighted by molar-refractivity contribution is -0.722. The number of thiophene rings is 1. The molecule has 0 amide bonds. The molecule has 18 aromatic rings. The topological polar surface area (TPSA) is 172 Å². The van der Waals surface area contributed by atoms with Crippen molar-refractivity contribution in [1.82, 2.24) is 24.9 Å². The summed E-state index contributed by atoms with van der Waals surface area (Å²) in [7, 11) is 0. The fraction of sp³-hybridized carbons (Fsp3) is 0.0990. The maximum absolute atomic E-state index is 5.97. The van der Waals surface area contributed by atoms with Gasteiger partial charge in [-0.2, -0.15) is 32.0 Å². The van der Waals surface area contributed by atoms with E-state index in [1.165, 1.54) is 44.3 Å². The van der Waals surface area contributed by atoms with Gasteiger partial charge in [-0.1, -0.05) is 82.8 Å². The van der Waals surface area contributed by atoms with Crippen LogP contribution in [0.5, 0.6) is 40.2 Å². The van der Waals surface area contributed by atoms with Gasteiger partial charge in [-0.05, 0) is 187 Å². The van der Waals surface area contributed by atoms with Gasteiger partial charge in [0.05, 0.1) is 57.1 Å². The van der Waals surface area contributed by atoms with Crippen LogP contribution in [0.3, 0.4) is 0 Å². The number of aryl methyl sites for hydroxylation is 3. The van der Waals surface area contributed by atoms with Crippen molar-refractivity contribution in [2.45, 2.75) is 67.9 Å². The average Bonchev–Trinajstić information content (AvgIpc) is 0.892. The molecular weight excluding hydrogens is 1540 g/mol. The normalized spacial score (nSPS) is 12.5. The molecule has 594 valence electrons. The van der Waals surface area contributed by atoms with Gasteiger partial charge in [0, 0.05) is 106 Å². The van der Waals surface area contributed by atoms with Gasteiger partial charge in [-0.25, -0.2) is 0 Å². The molecule has 0 radical (unpaired) electrons. The minimum atomic E-state index is 0.480. The van der Waals surface area contributed by atoms with Gasteiger partial charge < -0.3 is 42.6 Å². The SMILES string of the molecule is Cc1cccc2c1OC[n+]1ccccc1-2.Cc1cccc2c1OC[n+]1cccnc1-2.Cc1cccc2c1OC[n+]1cncnc1-2.c1c[nH]c(-c2cccc3c2OC[n+]2ccccc2-3)c1.c1ccc(-c2cccc3c2OC[n+]2ccccc2-3)nc1.c1coc(-c2cccc3c2OC[n+]2ccccc2-3)c1.c1csc(-c2cccc3c2OC[n+]2ccccc2-3)c1. The molecule has 25 rings (SSSR count). The van der Waals surface area contributed by atoms with Crippen LogP contribution in [0.2, 0.25) is 0 Å². The van der Waals surface area contributed by atoms with Gasteiger partial charge in [0.25, 0.3) is 45.8 Å². The number of aromatic amines is 1. The highest BCUT2D eigenvalue weighted by Gasteiger charge is 2.33. The van der Waals surface area contributed by atoms with Crippen LogP contribution in [-0.2, 0) is 47.1 Å². The van der Waals surface area contributed by atoms with E-state index < -0.39 is 0 Å². The first-order valence-electron chi connectivity index (χ1n) is 40.1. The number of hydrogen-bond donors (Lipinski definition) is 1. The fourth-order valence-corrected chi connectivity index (χ4v) is 16.6. The van der Waals surface area contributed by atoms with Gasteiger partial charge in [0.1, 0.15) is 52.0 Å². The Hall–Kier alpha value is -15.6. The summed E-state index contributed by atoms with van der Waals surface area (Å²) in [5, 5.41) is 2.10. The summed E-state index contributed by atoms with van der Waals surface area (Å²) < 4.78 is 60.8. The second-order valence-corrected chi connectivity index (χ2v) is 30.2. The zero-order chi connectivity index (χ0) is 82.1. The Morgan fingerprint density at radius 2 is 0.697 bits per heavy atom. The molecule has 0 unspecified atom stereocenters. The molecule has 0 fully saturated rings. The number of aromatic nitrogens is 12. The van der Waals surface area contributed by atoms with Gasteiger partial charge in [0.2, 0.25) is 48.3 Å². The number of para-hydroxylation sites is 7. The van der Waals surface area contributed by atoms with E-state index >= 15 is 0 Å². The predicted octanol–water partition coefficient (Wildman–Crippen LogP) is 18.1. The van der Waals surface area contributed by atoms with Crippen molar-refractivity contribution in [2.75, 3.05) is 0 Å². The largest absolute Gasteiger partial charge is 0.464 e. The number of hydrogen-bond acceptors (Lipinski definition) is 13. The van der Waals surface area contributed by atoms with Crippen LogP contribution in [0.4, 0.5) is 0 Å². The molecular formula is C101H83N12O8S+7. The van der Waals surface area contributed by atoms with Crippen molar-refractivity contribution in [2.24, 2.45) is 0 Å². The lowest BCUT2D eigenvalue weighted by atomic mass is 10.0. The van der Waals surface area contributed by atoms with Crippen LogP contribution in [0.25, 0.3) is 123 Å². The van der Waals surface area contributed by atoms with Crippen LogP contribution in [0.1, 0.15) is 16.7 Å². The van der Waals surface area contributed by atoms with Crippen LogP contribution in [0.15, 0.2) is 364 Å². The Bertz CT molecular complexity index is 6260. The third kappa shape index (κ3) is 15.6. The highest BCUT2D eigenvalue weighted by atomic mass is 32.1. The summed E-state index contributed by atoms with van der Waals surface area (Å²) >= 11 is 1.74. The van der Waals surface area contributed by atoms with Crippen LogP contribution in [-0.4, -0.2) is 24.9 Å². The molecule has 0 saturated carbocycles. The lowest BCUT2D eigenvalue weighted by Gasteiger charge is -2.18. The van der Waals surface area contributed by atoms with E-state index in [1.54, 1.807) is 36.5 Å². The summed E-state index contributed by atoms with van der Waals surface area (Å²) in [6.07, 6.45) is 22.7. The van der Waals surface area contributed by atoms with E-state index in [0.717, 1.165) is 136 Å². The number of pyridine rings is 6. The zero-order valence-corrected chi connectivity index (χ0v) is 67.9. The highest BCUT2D eigenvalue weighted by molar-refractivity contribution is 7.13. The maximum atomic E-state index is 5.97. The van der Waals surface area contributed by atoms with Gasteiger partial charge in [-0.15, -0.1) is 11.3 Å². The number of furan rings is 1. The van der Waals surface area contributed by atoms with Crippen LogP contribution >= 0.6 is 11.3 Å². The highest BCUT2D eigenvalue weighted by Crippen LogP contribution is 2.45. The molecule has 0 saturated heterocycles. The number of rotatable bonds is 4. The lowest BCUT2D eigenvalue weighted by Crippen LogP contribution is -2.42. The molecule has 0 bridgehead atoms. The van der Waals surface area contributed by atoms with Gasteiger partial charge in [-0.3, -0.25) is 4.98 Å². The first-order valence-corrected chi connectivity index (χ1v) is 41.0. The molecule has 1 N–H and O–H groups in total. The summed E-state index contributed by atoms with van der Waals surface area (Å²) in [6, 6.07) is 94.3. The second-order valence-electron chi connectivity index (χ2n) is 29.2. The average molecular weight is 1620 g/mol. The van der Waals surface area contributed by atoms with Crippen molar-refractivity contribution in [3.63, 3.8) is 0 Å². The van der Waals surface area contributed by atoms with Crippen LogP contribution in [0, 0.1) is 20.8 Å². The summed E-state index contributed by atoms with van der Waals surface area (Å²) in [5.74, 6) is 9.38. The Morgan fingerprint density at radius 1 is 0.295 bits per heavy atom. The standard InChI is InChI=1S/C17H13N2O.C16H13N2O.C16H12NO2.C16H12NOS.C13H12NO.C12H11N2O.C11H10N3O/c1-3-10-18-15(8-1)13-6-5-7-14-16-9-2-4-11-19(16)12-20-17(13)14;1-2-10-18-11-19-16-12(14-7-4-9-17-14)5-3-6-13(16)15(18)8-1;1-2-9-17-11-19-16-12(14(17)7-1)5-3-6-13(16)15-8-4-10-18-15;1-2-9-17-11-18-16-12(14(17)7-1)5-3-6-13(16)15-8-4-10-19-15;1-10-5-4-6-11-12-7-2-3-8-14(12)9-15-13(10)11;1-9-4-2-5-10-11(9)15-8-14-7-3-6-13-12(10)14;1-8-3-2-4-9-10(8)15-7-14-6-12-5-13-11(9)14/h1-11H,12H2;1-10,17H,11H2;2*1-10H,11H2;2-8H,9H2,1H3;2-7H,8H2,1H3;2-6H,7H2,1H3/q7*+1. The molecule has 11 aromatic heterocycles. The maximum Gasteiger partial charge on any atom is 0.336 e. The smallest absolute Gasteiger partial charge is 0.336 e. The van der Waals surface area contributed by atoms with E-state index in [0.29, 0.717) is 47.1 Å². The molecule has 7 aliphatic heterocycles. The fourth-order valence-electron chi connectivity index (χ4n) is 15.8. The molecule has 0 aliphatic carbocycles. The minimum Gasteiger partial charge on any atom is -0.464 e. The quantitative estimate of drug-likeness (QED) is 0.166. The first kappa shape index (κ1) is 76.4. The van der Waals surface area contributed by atoms with Crippen molar-refractivity contribution in [1.29, 1.82) is 0 Å². The van der Waals surface area contributed by atoms with Gasteiger partial charge in [0.15, 0.2) is 36.7 Å². The summed E-state index contributed by atoms with van der Waals surface area (Å²) in [4.78, 5) is 21.5. The second kappa shape index (κ2) is 34.9. The number of nitrogens with one attached hydrogen (secondary N) is 1. The van der Waals surface area contributed by atoms with E-state index in [-0.39, 0.29) is 0 Å². The molecule has 7 aromatic carbocycles. The Kier molecular flexibility index (Phi) is 21.9. The van der Waals surface area contributed by atoms with Gasteiger partial charge >= 0.3 is 5.82 Å². The van der Waals surface area contributed by atoms with Crippen molar-refractivity contribution < 1.29 is 69.5 Å². The van der Waals surface area contributed by atoms with E-state index in [4.69, 9.17) is 37.6 Å². The molecule has 20 nitrogen and oxygen atoms in total. The molecule has 7 aliphatic rings. The Labute approximate surface area is 708 Å². The first-order chi connectivity index (χ1) is 60.3. The third-order valence-electron chi connectivity index (χ3n) is 21.6. The molecule has 0 spiro atoms. The van der Waals surface area contributed by atoms with Crippen molar-refractivity contribution in [3.05, 3.63) is 376 Å². The zero-order valence-electron chi connectivity index (χ0n) is 67.1. The van der Waals surface area contributed by atoms with E-state index in [1.807, 2.05) is 187 Å².